The van der Waals surface area contributed by atoms with Gasteiger partial charge in [0, 0.05) is 28.3 Å². The van der Waals surface area contributed by atoms with Crippen molar-refractivity contribution >= 4 is 15.9 Å². The van der Waals surface area contributed by atoms with Crippen molar-refractivity contribution in [3.8, 4) is 0 Å². The van der Waals surface area contributed by atoms with E-state index in [1.54, 1.807) is 0 Å². The number of hydrogen-bond acceptors (Lipinski definition) is 2. The summed E-state index contributed by atoms with van der Waals surface area (Å²) in [6.07, 6.45) is 7.23. The minimum absolute atomic E-state index is 0.284. The van der Waals surface area contributed by atoms with E-state index in [0.717, 1.165) is 29.4 Å². The lowest BCUT2D eigenvalue weighted by Gasteiger charge is -2.30. The van der Waals surface area contributed by atoms with Crippen LogP contribution < -0.4 is 5.73 Å². The highest BCUT2D eigenvalue weighted by Gasteiger charge is 2.31. The average Bonchev–Trinajstić information content (AvgIpc) is 2.62. The van der Waals surface area contributed by atoms with Crippen LogP contribution in [-0.2, 0) is 18.4 Å². The zero-order valence-electron chi connectivity index (χ0n) is 11.5. The van der Waals surface area contributed by atoms with Crippen molar-refractivity contribution in [2.45, 2.75) is 37.6 Å². The number of halogens is 1. The van der Waals surface area contributed by atoms with Crippen molar-refractivity contribution < 1.29 is 0 Å². The normalized spacial score (nSPS) is 22.1. The van der Waals surface area contributed by atoms with Gasteiger partial charge < -0.3 is 5.73 Å². The van der Waals surface area contributed by atoms with E-state index in [4.69, 9.17) is 5.73 Å². The van der Waals surface area contributed by atoms with Crippen molar-refractivity contribution in [1.29, 1.82) is 0 Å². The highest BCUT2D eigenvalue weighted by Crippen LogP contribution is 2.34. The Morgan fingerprint density at radius 3 is 2.80 bits per heavy atom. The van der Waals surface area contributed by atoms with Gasteiger partial charge in [0.15, 0.2) is 0 Å². The number of nitrogens with zero attached hydrogens (tertiary/aromatic N) is 1. The van der Waals surface area contributed by atoms with Gasteiger partial charge in [-0.3, -0.25) is 4.98 Å². The van der Waals surface area contributed by atoms with Gasteiger partial charge >= 0.3 is 0 Å². The molecule has 1 aliphatic carbocycles. The summed E-state index contributed by atoms with van der Waals surface area (Å²) >= 11 is 3.43. The second-order valence-electron chi connectivity index (χ2n) is 5.66. The van der Waals surface area contributed by atoms with Gasteiger partial charge in [0.05, 0.1) is 0 Å². The van der Waals surface area contributed by atoms with Gasteiger partial charge in [0.1, 0.15) is 0 Å². The lowest BCUT2D eigenvalue weighted by molar-refractivity contribution is 0.395. The SMILES string of the molecule is NC1(Cc2ccc(Br)cn2)CCCCc2ccccc21. The topological polar surface area (TPSA) is 38.9 Å². The predicted molar refractivity (Wildman–Crippen MR) is 85.5 cm³/mol. The maximum atomic E-state index is 6.79. The van der Waals surface area contributed by atoms with Gasteiger partial charge in [0.25, 0.3) is 0 Å². The van der Waals surface area contributed by atoms with E-state index >= 15 is 0 Å². The number of aryl methyl sites for hydroxylation is 1. The van der Waals surface area contributed by atoms with Crippen LogP contribution in [0.1, 0.15) is 36.1 Å². The lowest BCUT2D eigenvalue weighted by Crippen LogP contribution is -2.39. The molecule has 1 atom stereocenters. The van der Waals surface area contributed by atoms with Crippen molar-refractivity contribution in [3.63, 3.8) is 0 Å². The molecule has 1 heterocycles. The van der Waals surface area contributed by atoms with Crippen LogP contribution in [0.3, 0.4) is 0 Å². The molecule has 1 aliphatic rings. The van der Waals surface area contributed by atoms with E-state index < -0.39 is 0 Å². The molecule has 0 amide bonds. The molecule has 3 rings (SSSR count). The Morgan fingerprint density at radius 2 is 2.00 bits per heavy atom. The van der Waals surface area contributed by atoms with Gasteiger partial charge in [-0.25, -0.2) is 0 Å². The van der Waals surface area contributed by atoms with E-state index in [-0.39, 0.29) is 5.54 Å². The van der Waals surface area contributed by atoms with Crippen LogP contribution >= 0.6 is 15.9 Å². The van der Waals surface area contributed by atoms with Gasteiger partial charge in [-0.05, 0) is 58.5 Å². The first-order chi connectivity index (χ1) is 9.67. The van der Waals surface area contributed by atoms with Crippen LogP contribution in [0, 0.1) is 0 Å². The number of pyridine rings is 1. The summed E-state index contributed by atoms with van der Waals surface area (Å²) in [5, 5.41) is 0. The highest BCUT2D eigenvalue weighted by molar-refractivity contribution is 9.10. The first-order valence-corrected chi connectivity index (χ1v) is 7.94. The average molecular weight is 331 g/mol. The van der Waals surface area contributed by atoms with E-state index in [0.29, 0.717) is 0 Å². The smallest absolute Gasteiger partial charge is 0.0468 e. The quantitative estimate of drug-likeness (QED) is 0.846. The summed E-state index contributed by atoms with van der Waals surface area (Å²) in [7, 11) is 0. The summed E-state index contributed by atoms with van der Waals surface area (Å²) < 4.78 is 1.01. The van der Waals surface area contributed by atoms with Crippen molar-refractivity contribution in [2.24, 2.45) is 5.73 Å². The van der Waals surface area contributed by atoms with Crippen LogP contribution in [0.4, 0.5) is 0 Å². The Hall–Kier alpha value is -1.19. The Bertz CT molecular complexity index is 594. The zero-order chi connectivity index (χ0) is 14.0. The molecule has 2 aromatic rings. The minimum atomic E-state index is -0.284. The summed E-state index contributed by atoms with van der Waals surface area (Å²) in [4.78, 5) is 4.49. The van der Waals surface area contributed by atoms with Gasteiger partial charge in [-0.1, -0.05) is 30.7 Å². The van der Waals surface area contributed by atoms with Crippen LogP contribution in [-0.4, -0.2) is 4.98 Å². The summed E-state index contributed by atoms with van der Waals surface area (Å²) in [6, 6.07) is 12.7. The molecule has 2 N–H and O–H groups in total. The largest absolute Gasteiger partial charge is 0.321 e. The molecule has 0 bridgehead atoms. The Labute approximate surface area is 128 Å². The molecule has 2 nitrogen and oxygen atoms in total. The van der Waals surface area contributed by atoms with Crippen molar-refractivity contribution in [3.05, 3.63) is 63.9 Å². The molecular weight excluding hydrogens is 312 g/mol. The van der Waals surface area contributed by atoms with E-state index in [2.05, 4.69) is 51.2 Å². The summed E-state index contributed by atoms with van der Waals surface area (Å²) in [5.74, 6) is 0. The first kappa shape index (κ1) is 13.8. The number of hydrogen-bond donors (Lipinski definition) is 1. The van der Waals surface area contributed by atoms with E-state index in [1.165, 1.54) is 24.0 Å². The fourth-order valence-electron chi connectivity index (χ4n) is 3.13. The molecule has 1 unspecified atom stereocenters. The molecule has 20 heavy (non-hydrogen) atoms. The standard InChI is InChI=1S/C17H19BrN2/c18-14-8-9-15(20-12-14)11-17(19)10-4-3-6-13-5-1-2-7-16(13)17/h1-2,5,7-9,12H,3-4,6,10-11,19H2. The number of rotatable bonds is 2. The number of aromatic nitrogens is 1. The minimum Gasteiger partial charge on any atom is -0.321 e. The Morgan fingerprint density at radius 1 is 1.15 bits per heavy atom. The number of benzene rings is 1. The van der Waals surface area contributed by atoms with Crippen molar-refractivity contribution in [1.82, 2.24) is 4.98 Å². The van der Waals surface area contributed by atoms with Crippen LogP contribution in [0.5, 0.6) is 0 Å². The Balaban J connectivity index is 1.96. The number of nitrogens with two attached hydrogens (primary N) is 1. The Kier molecular flexibility index (Phi) is 3.90. The maximum absolute atomic E-state index is 6.79. The number of fused-ring (bicyclic) bond motifs is 1. The molecule has 0 fully saturated rings. The van der Waals surface area contributed by atoms with Crippen molar-refractivity contribution in [2.75, 3.05) is 0 Å². The summed E-state index contributed by atoms with van der Waals surface area (Å²) in [6.45, 7) is 0. The first-order valence-electron chi connectivity index (χ1n) is 7.15. The monoisotopic (exact) mass is 330 g/mol. The maximum Gasteiger partial charge on any atom is 0.0468 e. The zero-order valence-corrected chi connectivity index (χ0v) is 13.1. The molecule has 0 aliphatic heterocycles. The third-order valence-electron chi connectivity index (χ3n) is 4.16. The molecule has 104 valence electrons. The molecule has 0 radical (unpaired) electrons. The lowest BCUT2D eigenvalue weighted by atomic mass is 9.81. The second-order valence-corrected chi connectivity index (χ2v) is 6.58. The molecule has 1 aromatic carbocycles. The van der Waals surface area contributed by atoms with E-state index in [1.807, 2.05) is 12.3 Å². The van der Waals surface area contributed by atoms with E-state index in [9.17, 15) is 0 Å². The van der Waals surface area contributed by atoms with Gasteiger partial charge in [-0.2, -0.15) is 0 Å². The van der Waals surface area contributed by atoms with Crippen LogP contribution in [0.2, 0.25) is 0 Å². The highest BCUT2D eigenvalue weighted by atomic mass is 79.9. The van der Waals surface area contributed by atoms with Gasteiger partial charge in [-0.15, -0.1) is 0 Å². The molecule has 1 aromatic heterocycles. The molecule has 0 spiro atoms. The third-order valence-corrected chi connectivity index (χ3v) is 4.63. The molecule has 0 saturated carbocycles. The summed E-state index contributed by atoms with van der Waals surface area (Å²) in [5.41, 5.74) is 10.3. The van der Waals surface area contributed by atoms with Crippen LogP contribution in [0.25, 0.3) is 0 Å². The fraction of sp³-hybridized carbons (Fsp3) is 0.353. The molecular formula is C17H19BrN2. The third kappa shape index (κ3) is 2.79. The fourth-order valence-corrected chi connectivity index (χ4v) is 3.37. The van der Waals surface area contributed by atoms with Crippen LogP contribution in [0.15, 0.2) is 47.1 Å². The van der Waals surface area contributed by atoms with Gasteiger partial charge in [0.2, 0.25) is 0 Å². The predicted octanol–water partition coefficient (Wildman–Crippen LogP) is 3.97. The second kappa shape index (κ2) is 5.66. The molecule has 0 saturated heterocycles. The molecule has 3 heteroatoms.